The Morgan fingerprint density at radius 1 is 0.844 bits per heavy atom. The third-order valence-corrected chi connectivity index (χ3v) is 9.38. The summed E-state index contributed by atoms with van der Waals surface area (Å²) in [6.45, 7) is 11.2. The van der Waals surface area contributed by atoms with Crippen LogP contribution in [0.5, 0.6) is 0 Å². The molecule has 2 saturated heterocycles. The molecule has 1 aromatic carbocycles. The number of thioether (sulfide) groups is 1. The quantitative estimate of drug-likeness (QED) is 0.607. The van der Waals surface area contributed by atoms with Gasteiger partial charge in [-0.2, -0.15) is 4.31 Å². The first-order valence-electron chi connectivity index (χ1n) is 10.9. The normalized spacial score (nSPS) is 18.1. The lowest BCUT2D eigenvalue weighted by Crippen LogP contribution is -2.51. The van der Waals surface area contributed by atoms with Gasteiger partial charge in [-0.15, -0.1) is 11.8 Å². The van der Waals surface area contributed by atoms with E-state index in [4.69, 9.17) is 4.74 Å². The summed E-state index contributed by atoms with van der Waals surface area (Å²) in [7, 11) is -3.63. The van der Waals surface area contributed by atoms with Gasteiger partial charge in [0.2, 0.25) is 21.8 Å². The summed E-state index contributed by atoms with van der Waals surface area (Å²) < 4.78 is 33.5. The van der Waals surface area contributed by atoms with E-state index in [0.717, 1.165) is 22.3 Å². The van der Waals surface area contributed by atoms with Gasteiger partial charge in [-0.05, 0) is 49.9 Å². The first-order chi connectivity index (χ1) is 15.1. The van der Waals surface area contributed by atoms with E-state index >= 15 is 0 Å². The van der Waals surface area contributed by atoms with Gasteiger partial charge in [-0.1, -0.05) is 6.07 Å². The third-order valence-electron chi connectivity index (χ3n) is 6.30. The van der Waals surface area contributed by atoms with Crippen LogP contribution in [0.2, 0.25) is 0 Å². The molecule has 3 rings (SSSR count). The molecule has 8 nitrogen and oxygen atoms in total. The number of aryl methyl sites for hydroxylation is 2. The predicted molar refractivity (Wildman–Crippen MR) is 125 cm³/mol. The summed E-state index contributed by atoms with van der Waals surface area (Å²) in [6.07, 6.45) is 0. The minimum Gasteiger partial charge on any atom is -0.378 e. The van der Waals surface area contributed by atoms with Crippen LogP contribution in [0.1, 0.15) is 22.3 Å². The van der Waals surface area contributed by atoms with Crippen LogP contribution >= 0.6 is 11.8 Å². The number of hydrogen-bond donors (Lipinski definition) is 0. The van der Waals surface area contributed by atoms with E-state index in [1.807, 2.05) is 33.8 Å². The molecule has 2 aliphatic heterocycles. The van der Waals surface area contributed by atoms with Gasteiger partial charge >= 0.3 is 0 Å². The predicted octanol–water partition coefficient (Wildman–Crippen LogP) is 1.35. The Kier molecular flexibility index (Phi) is 8.24. The fourth-order valence-corrected chi connectivity index (χ4v) is 6.91. The molecule has 0 N–H and O–H groups in total. The zero-order chi connectivity index (χ0) is 23.5. The Morgan fingerprint density at radius 3 is 1.81 bits per heavy atom. The maximum Gasteiger partial charge on any atom is 0.243 e. The van der Waals surface area contributed by atoms with Gasteiger partial charge in [-0.3, -0.25) is 9.59 Å². The van der Waals surface area contributed by atoms with Crippen molar-refractivity contribution in [2.45, 2.75) is 32.6 Å². The van der Waals surface area contributed by atoms with Gasteiger partial charge < -0.3 is 14.5 Å². The van der Waals surface area contributed by atoms with E-state index in [0.29, 0.717) is 44.3 Å². The number of amides is 2. The molecule has 178 valence electrons. The van der Waals surface area contributed by atoms with Gasteiger partial charge in [0.15, 0.2) is 0 Å². The number of rotatable bonds is 6. The smallest absolute Gasteiger partial charge is 0.243 e. The summed E-state index contributed by atoms with van der Waals surface area (Å²) in [5.74, 6) is 0.463. The van der Waals surface area contributed by atoms with Crippen molar-refractivity contribution in [3.63, 3.8) is 0 Å². The molecule has 1 aromatic rings. The van der Waals surface area contributed by atoms with Gasteiger partial charge in [0.25, 0.3) is 0 Å². The zero-order valence-electron chi connectivity index (χ0n) is 19.3. The van der Waals surface area contributed by atoms with Crippen LogP contribution < -0.4 is 0 Å². The Morgan fingerprint density at radius 2 is 1.31 bits per heavy atom. The topological polar surface area (TPSA) is 87.2 Å². The minimum atomic E-state index is -3.63. The molecule has 0 bridgehead atoms. The fourth-order valence-electron chi connectivity index (χ4n) is 4.10. The van der Waals surface area contributed by atoms with E-state index in [-0.39, 0.29) is 36.4 Å². The molecule has 2 heterocycles. The van der Waals surface area contributed by atoms with Gasteiger partial charge in [-0.25, -0.2) is 8.42 Å². The number of carbonyl (C=O) groups excluding carboxylic acids is 2. The molecule has 2 amide bonds. The Hall–Kier alpha value is -1.62. The van der Waals surface area contributed by atoms with E-state index < -0.39 is 10.0 Å². The van der Waals surface area contributed by atoms with Gasteiger partial charge in [0, 0.05) is 39.3 Å². The molecule has 0 aromatic heterocycles. The summed E-state index contributed by atoms with van der Waals surface area (Å²) in [6, 6.07) is 2.02. The van der Waals surface area contributed by atoms with Crippen LogP contribution in [0.15, 0.2) is 11.0 Å². The fraction of sp³-hybridized carbons (Fsp3) is 0.636. The Bertz CT molecular complexity index is 940. The van der Waals surface area contributed by atoms with Crippen molar-refractivity contribution < 1.29 is 22.7 Å². The Labute approximate surface area is 195 Å². The van der Waals surface area contributed by atoms with Crippen LogP contribution in [0.25, 0.3) is 0 Å². The van der Waals surface area contributed by atoms with Crippen molar-refractivity contribution in [3.8, 4) is 0 Å². The van der Waals surface area contributed by atoms with E-state index in [1.165, 1.54) is 16.1 Å². The van der Waals surface area contributed by atoms with E-state index in [1.54, 1.807) is 9.80 Å². The molecule has 0 spiro atoms. The summed E-state index contributed by atoms with van der Waals surface area (Å²) in [4.78, 5) is 28.6. The number of benzene rings is 1. The molecule has 2 aliphatic rings. The highest BCUT2D eigenvalue weighted by molar-refractivity contribution is 8.00. The largest absolute Gasteiger partial charge is 0.378 e. The maximum atomic E-state index is 13.4. The molecule has 0 aliphatic carbocycles. The van der Waals surface area contributed by atoms with Crippen molar-refractivity contribution in [2.75, 3.05) is 64.0 Å². The highest BCUT2D eigenvalue weighted by Crippen LogP contribution is 2.29. The van der Waals surface area contributed by atoms with Crippen LogP contribution in [0.3, 0.4) is 0 Å². The summed E-state index contributed by atoms with van der Waals surface area (Å²) in [5.41, 5.74) is 3.49. The van der Waals surface area contributed by atoms with Gasteiger partial charge in [0.05, 0.1) is 29.6 Å². The van der Waals surface area contributed by atoms with E-state index in [2.05, 4.69) is 0 Å². The standard InChI is InChI=1S/C22H33N3O5S2/c1-16-13-17(2)19(4)22(18(16)3)32(28,29)25-7-5-23(6-8-25)20(26)14-31-15-21(27)24-9-11-30-12-10-24/h13H,5-12,14-15H2,1-4H3. The van der Waals surface area contributed by atoms with Crippen molar-refractivity contribution in [1.82, 2.24) is 14.1 Å². The maximum absolute atomic E-state index is 13.4. The summed E-state index contributed by atoms with van der Waals surface area (Å²) >= 11 is 1.31. The number of carbonyl (C=O) groups is 2. The second-order valence-corrected chi connectivity index (χ2v) is 11.2. The zero-order valence-corrected chi connectivity index (χ0v) is 21.0. The molecule has 32 heavy (non-hydrogen) atoms. The molecular weight excluding hydrogens is 450 g/mol. The minimum absolute atomic E-state index is 0.0289. The second-order valence-electron chi connectivity index (χ2n) is 8.36. The molecule has 0 unspecified atom stereocenters. The number of sulfonamides is 1. The lowest BCUT2D eigenvalue weighted by atomic mass is 10.0. The average molecular weight is 484 g/mol. The lowest BCUT2D eigenvalue weighted by molar-refractivity contribution is -0.132. The highest BCUT2D eigenvalue weighted by atomic mass is 32.2. The third kappa shape index (κ3) is 5.47. The lowest BCUT2D eigenvalue weighted by Gasteiger charge is -2.35. The molecule has 0 saturated carbocycles. The van der Waals surface area contributed by atoms with E-state index in [9.17, 15) is 18.0 Å². The number of nitrogens with zero attached hydrogens (tertiary/aromatic N) is 3. The average Bonchev–Trinajstić information content (AvgIpc) is 2.78. The highest BCUT2D eigenvalue weighted by Gasteiger charge is 2.33. The van der Waals surface area contributed by atoms with Crippen molar-refractivity contribution in [1.29, 1.82) is 0 Å². The van der Waals surface area contributed by atoms with Crippen LogP contribution in [-0.4, -0.2) is 98.3 Å². The van der Waals surface area contributed by atoms with Crippen molar-refractivity contribution >= 4 is 33.6 Å². The number of piperazine rings is 1. The van der Waals surface area contributed by atoms with Crippen LogP contribution in [-0.2, 0) is 24.3 Å². The summed E-state index contributed by atoms with van der Waals surface area (Å²) in [5, 5.41) is 0. The number of hydrogen-bond acceptors (Lipinski definition) is 6. The Balaban J connectivity index is 1.53. The SMILES string of the molecule is Cc1cc(C)c(C)c(S(=O)(=O)N2CCN(C(=O)CSCC(=O)N3CCOCC3)CC2)c1C. The monoisotopic (exact) mass is 483 g/mol. The van der Waals surface area contributed by atoms with Crippen molar-refractivity contribution in [3.05, 3.63) is 28.3 Å². The molecule has 0 atom stereocenters. The van der Waals surface area contributed by atoms with Crippen LogP contribution in [0, 0.1) is 27.7 Å². The number of ether oxygens (including phenoxy) is 1. The van der Waals surface area contributed by atoms with Gasteiger partial charge in [0.1, 0.15) is 0 Å². The number of morpholine rings is 1. The molecule has 2 fully saturated rings. The molecule has 0 radical (unpaired) electrons. The molecule has 10 heteroatoms. The second kappa shape index (κ2) is 10.5. The first kappa shape index (κ1) is 25.0. The first-order valence-corrected chi connectivity index (χ1v) is 13.5. The molecular formula is C22H33N3O5S2. The van der Waals surface area contributed by atoms with Crippen molar-refractivity contribution in [2.24, 2.45) is 0 Å². The van der Waals surface area contributed by atoms with Crippen LogP contribution in [0.4, 0.5) is 0 Å².